The Morgan fingerprint density at radius 1 is 1.36 bits per heavy atom. The second kappa shape index (κ2) is 6.40. The zero-order chi connectivity index (χ0) is 17.4. The molecule has 0 aliphatic carbocycles. The van der Waals surface area contributed by atoms with E-state index in [4.69, 9.17) is 9.47 Å². The molecule has 0 aromatic heterocycles. The van der Waals surface area contributed by atoms with Crippen molar-refractivity contribution in [2.75, 3.05) is 26.8 Å². The van der Waals surface area contributed by atoms with E-state index in [2.05, 4.69) is 10.6 Å². The van der Waals surface area contributed by atoms with Crippen LogP contribution >= 0.6 is 0 Å². The molecule has 2 N–H and O–H groups in total. The first-order valence-corrected chi connectivity index (χ1v) is 8.51. The number of nitrogens with zero attached hydrogens (tertiary/aromatic N) is 1. The van der Waals surface area contributed by atoms with E-state index in [1.807, 2.05) is 24.3 Å². The second-order valence-electron chi connectivity index (χ2n) is 6.52. The van der Waals surface area contributed by atoms with Crippen LogP contribution in [0.5, 0.6) is 5.75 Å². The van der Waals surface area contributed by atoms with Crippen molar-refractivity contribution in [2.45, 2.75) is 25.0 Å². The van der Waals surface area contributed by atoms with Crippen molar-refractivity contribution in [1.82, 2.24) is 15.5 Å². The maximum atomic E-state index is 13.0. The van der Waals surface area contributed by atoms with Gasteiger partial charge in [0.2, 0.25) is 0 Å². The molecule has 3 heterocycles. The van der Waals surface area contributed by atoms with Crippen molar-refractivity contribution in [1.29, 1.82) is 0 Å². The summed E-state index contributed by atoms with van der Waals surface area (Å²) in [5.41, 5.74) is 2.11. The molecule has 25 heavy (non-hydrogen) atoms. The number of carbonyl (C=O) groups is 2. The predicted molar refractivity (Wildman–Crippen MR) is 90.0 cm³/mol. The van der Waals surface area contributed by atoms with Crippen molar-refractivity contribution in [3.8, 4) is 5.75 Å². The summed E-state index contributed by atoms with van der Waals surface area (Å²) in [4.78, 5) is 26.8. The molecule has 0 radical (unpaired) electrons. The zero-order valence-corrected chi connectivity index (χ0v) is 14.1. The second-order valence-corrected chi connectivity index (χ2v) is 6.52. The lowest BCUT2D eigenvalue weighted by atomic mass is 9.96. The Balaban J connectivity index is 1.61. The molecular weight excluding hydrogens is 322 g/mol. The Morgan fingerprint density at radius 3 is 3.00 bits per heavy atom. The number of hydrogen-bond acceptors (Lipinski definition) is 4. The molecule has 3 aliphatic rings. The Kier molecular flexibility index (Phi) is 4.09. The summed E-state index contributed by atoms with van der Waals surface area (Å²) in [5, 5.41) is 5.64. The van der Waals surface area contributed by atoms with Crippen molar-refractivity contribution >= 4 is 11.9 Å². The van der Waals surface area contributed by atoms with E-state index in [9.17, 15) is 9.59 Å². The van der Waals surface area contributed by atoms with E-state index in [1.165, 1.54) is 0 Å². The first kappa shape index (κ1) is 16.0. The fourth-order valence-corrected chi connectivity index (χ4v) is 3.68. The van der Waals surface area contributed by atoms with E-state index in [-0.39, 0.29) is 18.0 Å². The van der Waals surface area contributed by atoms with Crippen LogP contribution in [0.3, 0.4) is 0 Å². The molecule has 1 saturated heterocycles. The van der Waals surface area contributed by atoms with Gasteiger partial charge in [-0.3, -0.25) is 4.79 Å². The van der Waals surface area contributed by atoms with Gasteiger partial charge in [0.1, 0.15) is 5.75 Å². The van der Waals surface area contributed by atoms with Crippen molar-refractivity contribution in [3.05, 3.63) is 41.1 Å². The SMILES string of the molecule is COc1cccc([C@H]2NC(=O)NC3=C2C(=O)N(C[C@H]2CCCO2)C3)c1. The Hall–Kier alpha value is -2.54. The summed E-state index contributed by atoms with van der Waals surface area (Å²) < 4.78 is 10.9. The Labute approximate surface area is 146 Å². The molecule has 4 rings (SSSR count). The molecule has 3 amide bonds. The van der Waals surface area contributed by atoms with Gasteiger partial charge in [-0.2, -0.15) is 0 Å². The molecule has 132 valence electrons. The Morgan fingerprint density at radius 2 is 2.24 bits per heavy atom. The fourth-order valence-electron chi connectivity index (χ4n) is 3.68. The first-order valence-electron chi connectivity index (χ1n) is 8.51. The number of methoxy groups -OCH3 is 1. The van der Waals surface area contributed by atoms with Gasteiger partial charge in [-0.05, 0) is 30.5 Å². The van der Waals surface area contributed by atoms with Gasteiger partial charge in [0.15, 0.2) is 0 Å². The van der Waals surface area contributed by atoms with Crippen LogP contribution < -0.4 is 15.4 Å². The maximum Gasteiger partial charge on any atom is 0.319 e. The molecule has 0 saturated carbocycles. The number of carbonyl (C=O) groups excluding carboxylic acids is 2. The van der Waals surface area contributed by atoms with Gasteiger partial charge < -0.3 is 25.0 Å². The lowest BCUT2D eigenvalue weighted by molar-refractivity contribution is -0.127. The quantitative estimate of drug-likeness (QED) is 0.864. The van der Waals surface area contributed by atoms with Crippen LogP contribution in [-0.4, -0.2) is 49.7 Å². The number of urea groups is 1. The van der Waals surface area contributed by atoms with Crippen molar-refractivity contribution in [2.24, 2.45) is 0 Å². The van der Waals surface area contributed by atoms with E-state index in [1.54, 1.807) is 12.0 Å². The molecule has 2 atom stereocenters. The fraction of sp³-hybridized carbons (Fsp3) is 0.444. The van der Waals surface area contributed by atoms with Crippen LogP contribution in [0.4, 0.5) is 4.79 Å². The maximum absolute atomic E-state index is 13.0. The van der Waals surface area contributed by atoms with Gasteiger partial charge in [-0.15, -0.1) is 0 Å². The lowest BCUT2D eigenvalue weighted by Gasteiger charge is -2.26. The molecule has 0 spiro atoms. The monoisotopic (exact) mass is 343 g/mol. The molecule has 1 aromatic carbocycles. The molecule has 0 unspecified atom stereocenters. The van der Waals surface area contributed by atoms with Crippen LogP contribution in [0.15, 0.2) is 35.5 Å². The summed E-state index contributed by atoms with van der Waals surface area (Å²) in [5.74, 6) is 0.639. The summed E-state index contributed by atoms with van der Waals surface area (Å²) in [6, 6.07) is 6.66. The van der Waals surface area contributed by atoms with Crippen molar-refractivity contribution in [3.63, 3.8) is 0 Å². The third-order valence-electron chi connectivity index (χ3n) is 4.90. The number of hydrogen-bond donors (Lipinski definition) is 2. The average Bonchev–Trinajstić information content (AvgIpc) is 3.23. The highest BCUT2D eigenvalue weighted by atomic mass is 16.5. The number of ether oxygens (including phenoxy) is 2. The molecule has 3 aliphatic heterocycles. The molecule has 7 heteroatoms. The van der Waals surface area contributed by atoms with Crippen LogP contribution in [0.2, 0.25) is 0 Å². The van der Waals surface area contributed by atoms with Gasteiger partial charge >= 0.3 is 6.03 Å². The number of rotatable bonds is 4. The predicted octanol–water partition coefficient (Wildman–Crippen LogP) is 1.32. The topological polar surface area (TPSA) is 79.9 Å². The van der Waals surface area contributed by atoms with Crippen LogP contribution in [-0.2, 0) is 9.53 Å². The smallest absolute Gasteiger partial charge is 0.319 e. The van der Waals surface area contributed by atoms with Crippen LogP contribution in [0.1, 0.15) is 24.4 Å². The summed E-state index contributed by atoms with van der Waals surface area (Å²) in [7, 11) is 1.59. The van der Waals surface area contributed by atoms with Gasteiger partial charge in [0.05, 0.1) is 37.1 Å². The van der Waals surface area contributed by atoms with Crippen LogP contribution in [0, 0.1) is 0 Å². The third-order valence-corrected chi connectivity index (χ3v) is 4.90. The lowest BCUT2D eigenvalue weighted by Crippen LogP contribution is -2.44. The van der Waals surface area contributed by atoms with E-state index >= 15 is 0 Å². The van der Waals surface area contributed by atoms with E-state index < -0.39 is 6.04 Å². The van der Waals surface area contributed by atoms with Crippen molar-refractivity contribution < 1.29 is 19.1 Å². The Bertz CT molecular complexity index is 740. The van der Waals surface area contributed by atoms with Gasteiger partial charge in [-0.25, -0.2) is 4.79 Å². The summed E-state index contributed by atoms with van der Waals surface area (Å²) in [6.45, 7) is 1.74. The molecule has 0 bridgehead atoms. The summed E-state index contributed by atoms with van der Waals surface area (Å²) >= 11 is 0. The largest absolute Gasteiger partial charge is 0.497 e. The number of benzene rings is 1. The van der Waals surface area contributed by atoms with Gasteiger partial charge in [-0.1, -0.05) is 12.1 Å². The average molecular weight is 343 g/mol. The standard InChI is InChI=1S/C18H21N3O4/c1-24-12-5-2-4-11(8-12)16-15-14(19-18(23)20-16)10-21(17(15)22)9-13-6-3-7-25-13/h2,4-5,8,13,16H,3,6-7,9-10H2,1H3,(H2,19,20,23)/t13-,16-/m1/s1. The minimum atomic E-state index is -0.471. The highest BCUT2D eigenvalue weighted by Crippen LogP contribution is 2.34. The van der Waals surface area contributed by atoms with Crippen LogP contribution in [0.25, 0.3) is 0 Å². The normalized spacial score (nSPS) is 25.7. The number of nitrogens with one attached hydrogen (secondary N) is 2. The van der Waals surface area contributed by atoms with Gasteiger partial charge in [0, 0.05) is 13.2 Å². The highest BCUT2D eigenvalue weighted by Gasteiger charge is 2.41. The third kappa shape index (κ3) is 2.95. The molecular formula is C18H21N3O4. The van der Waals surface area contributed by atoms with Gasteiger partial charge in [0.25, 0.3) is 5.91 Å². The molecule has 1 aromatic rings. The minimum Gasteiger partial charge on any atom is -0.497 e. The van der Waals surface area contributed by atoms with E-state index in [0.717, 1.165) is 25.0 Å². The first-order chi connectivity index (χ1) is 12.2. The number of amides is 3. The zero-order valence-electron chi connectivity index (χ0n) is 14.1. The molecule has 7 nitrogen and oxygen atoms in total. The highest BCUT2D eigenvalue weighted by molar-refractivity contribution is 6.01. The minimum absolute atomic E-state index is 0.0502. The summed E-state index contributed by atoms with van der Waals surface area (Å²) in [6.07, 6.45) is 2.09. The van der Waals surface area contributed by atoms with E-state index in [0.29, 0.717) is 30.1 Å². The molecule has 1 fully saturated rings.